The summed E-state index contributed by atoms with van der Waals surface area (Å²) in [6, 6.07) is 12.1. The van der Waals surface area contributed by atoms with Crippen LogP contribution in [-0.4, -0.2) is 14.5 Å². The number of aryl methyl sites for hydroxylation is 2. The van der Waals surface area contributed by atoms with Crippen LogP contribution in [0.3, 0.4) is 0 Å². The van der Waals surface area contributed by atoms with Crippen molar-refractivity contribution in [1.29, 1.82) is 0 Å². The van der Waals surface area contributed by atoms with Gasteiger partial charge in [-0.05, 0) is 48.7 Å². The van der Waals surface area contributed by atoms with E-state index in [0.717, 1.165) is 28.8 Å². The van der Waals surface area contributed by atoms with E-state index >= 15 is 0 Å². The second kappa shape index (κ2) is 9.22. The molecule has 0 aliphatic carbocycles. The predicted molar refractivity (Wildman–Crippen MR) is 127 cm³/mol. The minimum Gasteiger partial charge on any atom is -0.268 e. The average Bonchev–Trinajstić information content (AvgIpc) is 3.09. The van der Waals surface area contributed by atoms with Gasteiger partial charge in [-0.1, -0.05) is 37.2 Å². The third-order valence-corrected chi connectivity index (χ3v) is 7.34. The normalized spacial score (nSPS) is 11.2. The summed E-state index contributed by atoms with van der Waals surface area (Å²) in [6.07, 6.45) is 1.84. The number of aromatic nitrogens is 2. The summed E-state index contributed by atoms with van der Waals surface area (Å²) >= 11 is 2.84. The van der Waals surface area contributed by atoms with Gasteiger partial charge in [-0.2, -0.15) is 0 Å². The van der Waals surface area contributed by atoms with E-state index in [9.17, 15) is 19.3 Å². The molecule has 0 aliphatic heterocycles. The number of fused-ring (bicyclic) bond motifs is 1. The van der Waals surface area contributed by atoms with Crippen molar-refractivity contribution < 1.29 is 9.31 Å². The number of nitro groups is 1. The maximum absolute atomic E-state index is 13.6. The van der Waals surface area contributed by atoms with Crippen LogP contribution >= 0.6 is 23.1 Å². The van der Waals surface area contributed by atoms with Crippen molar-refractivity contribution >= 4 is 39.0 Å². The number of benzene rings is 2. The number of nitrogens with zero attached hydrogens (tertiary/aromatic N) is 3. The van der Waals surface area contributed by atoms with Crippen LogP contribution in [0.2, 0.25) is 0 Å². The van der Waals surface area contributed by atoms with Gasteiger partial charge in [0.15, 0.2) is 5.16 Å². The number of nitro benzene ring substituents is 1. The molecule has 4 aromatic rings. The van der Waals surface area contributed by atoms with E-state index < -0.39 is 10.7 Å². The fourth-order valence-electron chi connectivity index (χ4n) is 3.50. The minimum atomic E-state index is -0.434. The molecule has 0 fully saturated rings. The zero-order valence-electron chi connectivity index (χ0n) is 17.5. The Labute approximate surface area is 191 Å². The summed E-state index contributed by atoms with van der Waals surface area (Å²) in [5.74, 6) is 0.00563. The third kappa shape index (κ3) is 4.31. The Balaban J connectivity index is 1.83. The topological polar surface area (TPSA) is 78.0 Å². The summed E-state index contributed by atoms with van der Waals surface area (Å²) in [4.78, 5) is 30.8. The molecule has 2 aromatic heterocycles. The number of rotatable bonds is 7. The van der Waals surface area contributed by atoms with E-state index in [1.807, 2.05) is 6.92 Å². The van der Waals surface area contributed by atoms with Crippen molar-refractivity contribution in [2.75, 3.05) is 0 Å². The first-order valence-corrected chi connectivity index (χ1v) is 11.9. The number of thioether (sulfide) groups is 1. The van der Waals surface area contributed by atoms with Crippen molar-refractivity contribution in [3.05, 3.63) is 90.8 Å². The number of hydrogen-bond acceptors (Lipinski definition) is 6. The SMILES string of the molecule is CCCc1sc2nc(SCc3cccc([N+](=O)[O-])c3)n(-c3ccc(F)cc3)c(=O)c2c1C. The van der Waals surface area contributed by atoms with Gasteiger partial charge >= 0.3 is 0 Å². The fraction of sp³-hybridized carbons (Fsp3) is 0.217. The lowest BCUT2D eigenvalue weighted by Crippen LogP contribution is -2.21. The van der Waals surface area contributed by atoms with Crippen LogP contribution in [0, 0.1) is 22.9 Å². The van der Waals surface area contributed by atoms with Gasteiger partial charge in [-0.25, -0.2) is 9.37 Å². The monoisotopic (exact) mass is 469 g/mol. The first kappa shape index (κ1) is 22.2. The molecule has 0 N–H and O–H groups in total. The van der Waals surface area contributed by atoms with Crippen LogP contribution in [0.1, 0.15) is 29.3 Å². The molecule has 2 aromatic carbocycles. The van der Waals surface area contributed by atoms with Crippen LogP contribution in [0.4, 0.5) is 10.1 Å². The molecule has 0 spiro atoms. The van der Waals surface area contributed by atoms with Gasteiger partial charge in [0, 0.05) is 22.8 Å². The van der Waals surface area contributed by atoms with Crippen LogP contribution in [0.15, 0.2) is 58.5 Å². The predicted octanol–water partition coefficient (Wildman–Crippen LogP) is 6.05. The second-order valence-corrected chi connectivity index (χ2v) is 9.33. The smallest absolute Gasteiger partial charge is 0.268 e. The van der Waals surface area contributed by atoms with Crippen molar-refractivity contribution in [1.82, 2.24) is 9.55 Å². The van der Waals surface area contributed by atoms with E-state index in [1.54, 1.807) is 24.3 Å². The molecule has 0 radical (unpaired) electrons. The van der Waals surface area contributed by atoms with E-state index in [1.165, 1.54) is 51.9 Å². The number of hydrogen-bond donors (Lipinski definition) is 0. The molecule has 0 saturated heterocycles. The molecule has 0 bridgehead atoms. The minimum absolute atomic E-state index is 0.0144. The molecule has 2 heterocycles. The van der Waals surface area contributed by atoms with Crippen molar-refractivity contribution in [2.45, 2.75) is 37.6 Å². The van der Waals surface area contributed by atoms with E-state index in [-0.39, 0.29) is 11.2 Å². The highest BCUT2D eigenvalue weighted by Gasteiger charge is 2.19. The Morgan fingerprint density at radius 2 is 1.97 bits per heavy atom. The summed E-state index contributed by atoms with van der Waals surface area (Å²) in [6.45, 7) is 4.03. The second-order valence-electron chi connectivity index (χ2n) is 7.31. The quantitative estimate of drug-likeness (QED) is 0.143. The largest absolute Gasteiger partial charge is 0.269 e. The van der Waals surface area contributed by atoms with Crippen LogP contribution in [-0.2, 0) is 12.2 Å². The van der Waals surface area contributed by atoms with Gasteiger partial charge in [0.05, 0.1) is 16.0 Å². The lowest BCUT2D eigenvalue weighted by atomic mass is 10.1. The van der Waals surface area contributed by atoms with Crippen LogP contribution in [0.25, 0.3) is 15.9 Å². The number of non-ortho nitro benzene ring substituents is 1. The summed E-state index contributed by atoms with van der Waals surface area (Å²) < 4.78 is 15.0. The van der Waals surface area contributed by atoms with E-state index in [4.69, 9.17) is 4.98 Å². The Kier molecular flexibility index (Phi) is 6.38. The highest BCUT2D eigenvalue weighted by molar-refractivity contribution is 7.98. The van der Waals surface area contributed by atoms with Crippen LogP contribution < -0.4 is 5.56 Å². The molecule has 164 valence electrons. The van der Waals surface area contributed by atoms with Gasteiger partial charge in [0.2, 0.25) is 0 Å². The Morgan fingerprint density at radius 1 is 1.22 bits per heavy atom. The molecule has 4 rings (SSSR count). The van der Waals surface area contributed by atoms with E-state index in [0.29, 0.717) is 26.8 Å². The molecule has 9 heteroatoms. The highest BCUT2D eigenvalue weighted by atomic mass is 32.2. The number of thiophene rings is 1. The molecular weight excluding hydrogens is 449 g/mol. The first-order chi connectivity index (χ1) is 15.4. The lowest BCUT2D eigenvalue weighted by Gasteiger charge is -2.12. The van der Waals surface area contributed by atoms with Crippen molar-refractivity contribution in [2.24, 2.45) is 0 Å². The molecular formula is C23H20FN3O3S2. The van der Waals surface area contributed by atoms with E-state index in [2.05, 4.69) is 6.92 Å². The zero-order chi connectivity index (χ0) is 22.8. The maximum Gasteiger partial charge on any atom is 0.269 e. The molecule has 0 unspecified atom stereocenters. The molecule has 0 amide bonds. The van der Waals surface area contributed by atoms with Gasteiger partial charge in [0.1, 0.15) is 10.6 Å². The summed E-state index contributed by atoms with van der Waals surface area (Å²) in [5, 5.41) is 12.1. The fourth-order valence-corrected chi connectivity index (χ4v) is 5.77. The Bertz CT molecular complexity index is 1360. The summed E-state index contributed by atoms with van der Waals surface area (Å²) in [7, 11) is 0. The molecule has 0 atom stereocenters. The summed E-state index contributed by atoms with van der Waals surface area (Å²) in [5.41, 5.74) is 2.03. The molecule has 32 heavy (non-hydrogen) atoms. The molecule has 6 nitrogen and oxygen atoms in total. The van der Waals surface area contributed by atoms with Gasteiger partial charge < -0.3 is 0 Å². The lowest BCUT2D eigenvalue weighted by molar-refractivity contribution is -0.384. The first-order valence-electron chi connectivity index (χ1n) is 10.1. The van der Waals surface area contributed by atoms with Crippen LogP contribution in [0.5, 0.6) is 0 Å². The molecule has 0 aliphatic rings. The molecule has 0 saturated carbocycles. The Hall–Kier alpha value is -3.04. The average molecular weight is 470 g/mol. The third-order valence-electron chi connectivity index (χ3n) is 5.08. The van der Waals surface area contributed by atoms with Gasteiger partial charge in [-0.15, -0.1) is 11.3 Å². The van der Waals surface area contributed by atoms with Crippen molar-refractivity contribution in [3.8, 4) is 5.69 Å². The standard InChI is InChI=1S/C23H20FN3O3S2/c1-3-5-19-14(2)20-21(32-19)25-23(26(22(20)28)17-10-8-16(24)9-11-17)31-13-15-6-4-7-18(12-15)27(29)30/h4,6-12H,3,5,13H2,1-2H3. The highest BCUT2D eigenvalue weighted by Crippen LogP contribution is 2.32. The number of halogens is 1. The Morgan fingerprint density at radius 3 is 2.66 bits per heavy atom. The maximum atomic E-state index is 13.6. The van der Waals surface area contributed by atoms with Crippen molar-refractivity contribution in [3.63, 3.8) is 0 Å². The van der Waals surface area contributed by atoms with Gasteiger partial charge in [-0.3, -0.25) is 19.5 Å². The zero-order valence-corrected chi connectivity index (χ0v) is 19.1. The van der Waals surface area contributed by atoms with Gasteiger partial charge in [0.25, 0.3) is 11.2 Å².